The van der Waals surface area contributed by atoms with Gasteiger partial charge in [0.25, 0.3) is 0 Å². The Bertz CT molecular complexity index is 510. The van der Waals surface area contributed by atoms with Gasteiger partial charge in [-0.25, -0.2) is 0 Å². The van der Waals surface area contributed by atoms with Crippen LogP contribution in [0.5, 0.6) is 5.75 Å². The molecule has 0 fully saturated rings. The zero-order chi connectivity index (χ0) is 13.0. The zero-order valence-electron chi connectivity index (χ0n) is 10.4. The molecular weight excluding hydrogens is 294 g/mol. The van der Waals surface area contributed by atoms with Crippen molar-refractivity contribution < 1.29 is 9.15 Å². The van der Waals surface area contributed by atoms with E-state index in [9.17, 15) is 0 Å². The molecule has 0 bridgehead atoms. The van der Waals surface area contributed by atoms with Crippen molar-refractivity contribution in [2.24, 2.45) is 0 Å². The van der Waals surface area contributed by atoms with E-state index >= 15 is 0 Å². The third-order valence-corrected chi connectivity index (χ3v) is 3.58. The van der Waals surface area contributed by atoms with Gasteiger partial charge in [0.15, 0.2) is 0 Å². The summed E-state index contributed by atoms with van der Waals surface area (Å²) in [5, 5.41) is 3.27. The summed E-state index contributed by atoms with van der Waals surface area (Å²) < 4.78 is 11.9. The number of ether oxygens (including phenoxy) is 1. The summed E-state index contributed by atoms with van der Waals surface area (Å²) in [6, 6.07) is 10.0. The Labute approximate surface area is 115 Å². The van der Waals surface area contributed by atoms with Crippen LogP contribution < -0.4 is 10.1 Å². The Hall–Kier alpha value is -1.26. The lowest BCUT2D eigenvalue weighted by Gasteiger charge is -2.16. The Balaban J connectivity index is 2.23. The van der Waals surface area contributed by atoms with Crippen LogP contribution >= 0.6 is 15.9 Å². The van der Waals surface area contributed by atoms with E-state index in [1.54, 1.807) is 13.4 Å². The van der Waals surface area contributed by atoms with Gasteiger partial charge in [-0.2, -0.15) is 0 Å². The van der Waals surface area contributed by atoms with Gasteiger partial charge in [0.05, 0.1) is 23.9 Å². The molecule has 96 valence electrons. The maximum absolute atomic E-state index is 5.51. The number of likely N-dealkylation sites (N-methyl/N-ethyl adjacent to an activating group) is 1. The van der Waals surface area contributed by atoms with Crippen molar-refractivity contribution in [3.05, 3.63) is 52.4 Å². The summed E-state index contributed by atoms with van der Waals surface area (Å²) >= 11 is 3.49. The van der Waals surface area contributed by atoms with Crippen molar-refractivity contribution in [2.45, 2.75) is 12.5 Å². The minimum Gasteiger partial charge on any atom is -0.496 e. The largest absolute Gasteiger partial charge is 0.496 e. The third-order valence-electron chi connectivity index (χ3n) is 2.93. The van der Waals surface area contributed by atoms with Crippen LogP contribution in [0.4, 0.5) is 0 Å². The molecule has 1 heterocycles. The highest BCUT2D eigenvalue weighted by Crippen LogP contribution is 2.29. The number of methoxy groups -OCH3 is 1. The van der Waals surface area contributed by atoms with Gasteiger partial charge >= 0.3 is 0 Å². The highest BCUT2D eigenvalue weighted by Gasteiger charge is 2.18. The van der Waals surface area contributed by atoms with Gasteiger partial charge in [-0.1, -0.05) is 18.2 Å². The molecule has 0 amide bonds. The maximum atomic E-state index is 5.51. The molecule has 18 heavy (non-hydrogen) atoms. The topological polar surface area (TPSA) is 34.4 Å². The van der Waals surface area contributed by atoms with Crippen molar-refractivity contribution in [1.82, 2.24) is 5.32 Å². The van der Waals surface area contributed by atoms with E-state index in [0.29, 0.717) is 0 Å². The monoisotopic (exact) mass is 309 g/mol. The second-order valence-electron chi connectivity index (χ2n) is 3.99. The van der Waals surface area contributed by atoms with E-state index in [-0.39, 0.29) is 6.04 Å². The minimum atomic E-state index is 0.116. The van der Waals surface area contributed by atoms with Gasteiger partial charge in [-0.15, -0.1) is 0 Å². The standard InChI is InChI=1S/C14H16BrNO2/c1-16-12(14-11(15)7-8-18-14)9-10-5-3-4-6-13(10)17-2/h3-8,12,16H,9H2,1-2H3. The summed E-state index contributed by atoms with van der Waals surface area (Å²) in [6.07, 6.45) is 2.50. The van der Waals surface area contributed by atoms with Crippen LogP contribution in [-0.4, -0.2) is 14.2 Å². The molecule has 2 aromatic rings. The van der Waals surface area contributed by atoms with Crippen molar-refractivity contribution in [3.63, 3.8) is 0 Å². The molecule has 2 rings (SSSR count). The molecule has 0 spiro atoms. The summed E-state index contributed by atoms with van der Waals surface area (Å²) in [7, 11) is 3.62. The Morgan fingerprint density at radius 3 is 2.72 bits per heavy atom. The van der Waals surface area contributed by atoms with Crippen molar-refractivity contribution in [3.8, 4) is 5.75 Å². The van der Waals surface area contributed by atoms with E-state index in [1.165, 1.54) is 0 Å². The summed E-state index contributed by atoms with van der Waals surface area (Å²) in [4.78, 5) is 0. The first-order valence-electron chi connectivity index (χ1n) is 5.78. The molecule has 4 heteroatoms. The quantitative estimate of drug-likeness (QED) is 0.917. The summed E-state index contributed by atoms with van der Waals surface area (Å²) in [5.74, 6) is 1.81. The van der Waals surface area contributed by atoms with Gasteiger partial charge in [0.1, 0.15) is 11.5 Å². The first-order valence-corrected chi connectivity index (χ1v) is 6.57. The number of nitrogens with one attached hydrogen (secondary N) is 1. The normalized spacial score (nSPS) is 12.4. The van der Waals surface area contributed by atoms with Gasteiger partial charge in [0, 0.05) is 0 Å². The fraction of sp³-hybridized carbons (Fsp3) is 0.286. The van der Waals surface area contributed by atoms with E-state index < -0.39 is 0 Å². The van der Waals surface area contributed by atoms with Crippen molar-refractivity contribution in [2.75, 3.05) is 14.2 Å². The van der Waals surface area contributed by atoms with E-state index in [2.05, 4.69) is 27.3 Å². The van der Waals surface area contributed by atoms with Crippen LogP contribution in [0.25, 0.3) is 0 Å². The van der Waals surface area contributed by atoms with Gasteiger partial charge in [0.2, 0.25) is 0 Å². The molecular formula is C14H16BrNO2. The van der Waals surface area contributed by atoms with E-state index in [0.717, 1.165) is 28.0 Å². The zero-order valence-corrected chi connectivity index (χ0v) is 12.0. The van der Waals surface area contributed by atoms with Crippen molar-refractivity contribution >= 4 is 15.9 Å². The summed E-state index contributed by atoms with van der Waals surface area (Å²) in [5.41, 5.74) is 1.16. The number of halogens is 1. The molecule has 1 aromatic heterocycles. The van der Waals surface area contributed by atoms with Crippen LogP contribution in [0.2, 0.25) is 0 Å². The molecule has 1 atom stereocenters. The number of furan rings is 1. The number of benzene rings is 1. The SMILES string of the molecule is CNC(Cc1ccccc1OC)c1occc1Br. The Morgan fingerprint density at radius 1 is 1.33 bits per heavy atom. The second-order valence-corrected chi connectivity index (χ2v) is 4.84. The van der Waals surface area contributed by atoms with E-state index in [4.69, 9.17) is 9.15 Å². The molecule has 1 unspecified atom stereocenters. The second kappa shape index (κ2) is 6.07. The van der Waals surface area contributed by atoms with Crippen LogP contribution in [0.15, 0.2) is 45.5 Å². The van der Waals surface area contributed by atoms with E-state index in [1.807, 2.05) is 31.3 Å². The number of hydrogen-bond acceptors (Lipinski definition) is 3. The average Bonchev–Trinajstić information content (AvgIpc) is 2.82. The predicted octanol–water partition coefficient (Wildman–Crippen LogP) is 3.55. The molecule has 1 N–H and O–H groups in total. The fourth-order valence-corrected chi connectivity index (χ4v) is 2.45. The first kappa shape index (κ1) is 13.2. The van der Waals surface area contributed by atoms with Crippen LogP contribution in [0, 0.1) is 0 Å². The number of para-hydroxylation sites is 1. The van der Waals surface area contributed by atoms with Crippen LogP contribution in [0.1, 0.15) is 17.4 Å². The van der Waals surface area contributed by atoms with Gasteiger partial charge < -0.3 is 14.5 Å². The molecule has 0 aliphatic rings. The highest BCUT2D eigenvalue weighted by molar-refractivity contribution is 9.10. The molecule has 0 aliphatic carbocycles. The minimum absolute atomic E-state index is 0.116. The van der Waals surface area contributed by atoms with Crippen molar-refractivity contribution in [1.29, 1.82) is 0 Å². The predicted molar refractivity (Wildman–Crippen MR) is 74.9 cm³/mol. The van der Waals surface area contributed by atoms with Gasteiger partial charge in [-0.05, 0) is 47.1 Å². The Morgan fingerprint density at radius 2 is 2.11 bits per heavy atom. The molecule has 0 radical (unpaired) electrons. The maximum Gasteiger partial charge on any atom is 0.135 e. The smallest absolute Gasteiger partial charge is 0.135 e. The molecule has 1 aromatic carbocycles. The molecule has 0 aliphatic heterocycles. The Kier molecular flexibility index (Phi) is 4.44. The lowest BCUT2D eigenvalue weighted by atomic mass is 10.0. The fourth-order valence-electron chi connectivity index (χ4n) is 1.97. The van der Waals surface area contributed by atoms with Gasteiger partial charge in [-0.3, -0.25) is 0 Å². The third kappa shape index (κ3) is 2.76. The lowest BCUT2D eigenvalue weighted by Crippen LogP contribution is -2.19. The average molecular weight is 310 g/mol. The summed E-state index contributed by atoms with van der Waals surface area (Å²) in [6.45, 7) is 0. The van der Waals surface area contributed by atoms with Crippen LogP contribution in [-0.2, 0) is 6.42 Å². The highest BCUT2D eigenvalue weighted by atomic mass is 79.9. The number of rotatable bonds is 5. The molecule has 0 saturated carbocycles. The lowest BCUT2D eigenvalue weighted by molar-refractivity contribution is 0.396. The first-order chi connectivity index (χ1) is 8.76. The van der Waals surface area contributed by atoms with Crippen LogP contribution in [0.3, 0.4) is 0 Å². The number of hydrogen-bond donors (Lipinski definition) is 1. The molecule has 0 saturated heterocycles. The molecule has 3 nitrogen and oxygen atoms in total.